The van der Waals surface area contributed by atoms with E-state index >= 15 is 0 Å². The van der Waals surface area contributed by atoms with Gasteiger partial charge < -0.3 is 4.90 Å². The van der Waals surface area contributed by atoms with Gasteiger partial charge in [0.25, 0.3) is 0 Å². The van der Waals surface area contributed by atoms with Crippen molar-refractivity contribution in [3.05, 3.63) is 23.9 Å². The van der Waals surface area contributed by atoms with Crippen molar-refractivity contribution in [3.8, 4) is 6.07 Å². The van der Waals surface area contributed by atoms with Crippen molar-refractivity contribution in [1.29, 1.82) is 5.26 Å². The molecule has 2 rings (SSSR count). The molecule has 2 heterocycles. The fourth-order valence-corrected chi connectivity index (χ4v) is 4.03. The molecule has 0 spiro atoms. The van der Waals surface area contributed by atoms with Crippen molar-refractivity contribution >= 4 is 15.8 Å². The van der Waals surface area contributed by atoms with E-state index in [9.17, 15) is 8.42 Å². The van der Waals surface area contributed by atoms with Crippen molar-refractivity contribution in [2.75, 3.05) is 30.8 Å². The molecule has 0 aromatic carbocycles. The molecule has 1 aromatic rings. The maximum atomic E-state index is 11.8. The van der Waals surface area contributed by atoms with Gasteiger partial charge in [-0.2, -0.15) is 9.57 Å². The van der Waals surface area contributed by atoms with E-state index in [1.54, 1.807) is 10.4 Å². The van der Waals surface area contributed by atoms with Crippen LogP contribution >= 0.6 is 0 Å². The van der Waals surface area contributed by atoms with Gasteiger partial charge in [0.2, 0.25) is 10.0 Å². The Bertz CT molecular complexity index is 631. The number of nitrogens with zero attached hydrogens (tertiary/aromatic N) is 4. The zero-order chi connectivity index (χ0) is 15.5. The minimum Gasteiger partial charge on any atom is -0.356 e. The van der Waals surface area contributed by atoms with Crippen molar-refractivity contribution in [3.63, 3.8) is 0 Å². The zero-order valence-electron chi connectivity index (χ0n) is 12.4. The summed E-state index contributed by atoms with van der Waals surface area (Å²) in [6.45, 7) is 3.87. The predicted molar refractivity (Wildman–Crippen MR) is 81.4 cm³/mol. The Labute approximate surface area is 126 Å². The third kappa shape index (κ3) is 3.71. The largest absolute Gasteiger partial charge is 0.356 e. The van der Waals surface area contributed by atoms with Crippen molar-refractivity contribution in [2.45, 2.75) is 25.8 Å². The first kappa shape index (κ1) is 15.7. The lowest BCUT2D eigenvalue weighted by molar-refractivity contribution is 0.285. The van der Waals surface area contributed by atoms with Crippen LogP contribution in [0.1, 0.15) is 25.5 Å². The normalized spacial score (nSPS) is 17.0. The van der Waals surface area contributed by atoms with Crippen LogP contribution in [0.5, 0.6) is 0 Å². The number of anilines is 1. The average molecular weight is 308 g/mol. The molecule has 1 saturated heterocycles. The van der Waals surface area contributed by atoms with Gasteiger partial charge in [0.15, 0.2) is 0 Å². The van der Waals surface area contributed by atoms with Crippen LogP contribution in [0.4, 0.5) is 5.82 Å². The van der Waals surface area contributed by atoms with Gasteiger partial charge in [-0.3, -0.25) is 0 Å². The van der Waals surface area contributed by atoms with E-state index in [1.807, 2.05) is 25.1 Å². The SMILES string of the molecule is CCN(C1CCN(c2cccc(C#N)n2)CC1)S(C)(=O)=O. The zero-order valence-corrected chi connectivity index (χ0v) is 13.2. The molecule has 7 heteroatoms. The molecular weight excluding hydrogens is 288 g/mol. The van der Waals surface area contributed by atoms with Gasteiger partial charge in [0.05, 0.1) is 6.26 Å². The summed E-state index contributed by atoms with van der Waals surface area (Å²) in [7, 11) is -3.15. The number of hydrogen-bond acceptors (Lipinski definition) is 5. The Hall–Kier alpha value is -1.65. The molecule has 0 unspecified atom stereocenters. The Balaban J connectivity index is 2.05. The van der Waals surface area contributed by atoms with Gasteiger partial charge >= 0.3 is 0 Å². The molecule has 0 bridgehead atoms. The highest BCUT2D eigenvalue weighted by atomic mass is 32.2. The molecule has 1 fully saturated rings. The number of hydrogen-bond donors (Lipinski definition) is 0. The first-order valence-electron chi connectivity index (χ1n) is 7.04. The highest BCUT2D eigenvalue weighted by molar-refractivity contribution is 7.88. The van der Waals surface area contributed by atoms with Crippen LogP contribution in [0.3, 0.4) is 0 Å². The molecule has 1 aromatic heterocycles. The Morgan fingerprint density at radius 1 is 1.43 bits per heavy atom. The van der Waals surface area contributed by atoms with Crippen LogP contribution < -0.4 is 4.90 Å². The molecule has 0 amide bonds. The van der Waals surface area contributed by atoms with E-state index in [1.165, 1.54) is 6.26 Å². The number of aromatic nitrogens is 1. The highest BCUT2D eigenvalue weighted by Crippen LogP contribution is 2.22. The van der Waals surface area contributed by atoms with Crippen LogP contribution in [0.2, 0.25) is 0 Å². The summed E-state index contributed by atoms with van der Waals surface area (Å²) < 4.78 is 25.1. The molecule has 1 aliphatic heterocycles. The van der Waals surface area contributed by atoms with Gasteiger partial charge in [-0.25, -0.2) is 13.4 Å². The number of sulfonamides is 1. The van der Waals surface area contributed by atoms with E-state index in [4.69, 9.17) is 5.26 Å². The smallest absolute Gasteiger partial charge is 0.211 e. The van der Waals surface area contributed by atoms with E-state index in [-0.39, 0.29) is 6.04 Å². The molecule has 114 valence electrons. The predicted octanol–water partition coefficient (Wildman–Crippen LogP) is 1.20. The third-order valence-corrected chi connectivity index (χ3v) is 5.19. The Morgan fingerprint density at radius 3 is 2.62 bits per heavy atom. The first-order chi connectivity index (χ1) is 9.95. The lowest BCUT2D eigenvalue weighted by Gasteiger charge is -2.37. The molecule has 0 N–H and O–H groups in total. The van der Waals surface area contributed by atoms with Gasteiger partial charge in [0.1, 0.15) is 17.6 Å². The summed E-state index contributed by atoms with van der Waals surface area (Å²) in [6.07, 6.45) is 2.82. The molecule has 21 heavy (non-hydrogen) atoms. The van der Waals surface area contributed by atoms with Crippen LogP contribution in [0.15, 0.2) is 18.2 Å². The highest BCUT2D eigenvalue weighted by Gasteiger charge is 2.29. The van der Waals surface area contributed by atoms with E-state index in [2.05, 4.69) is 9.88 Å². The maximum Gasteiger partial charge on any atom is 0.211 e. The molecule has 0 radical (unpaired) electrons. The number of piperidine rings is 1. The van der Waals surface area contributed by atoms with E-state index in [0.29, 0.717) is 12.2 Å². The second-order valence-corrected chi connectivity index (χ2v) is 7.11. The van der Waals surface area contributed by atoms with E-state index < -0.39 is 10.0 Å². The van der Waals surface area contributed by atoms with Crippen LogP contribution in [0, 0.1) is 11.3 Å². The standard InChI is InChI=1S/C14H20N4O2S/c1-3-18(21(2,19)20)13-7-9-17(10-8-13)14-6-4-5-12(11-15)16-14/h4-6,13H,3,7-10H2,1-2H3. The summed E-state index contributed by atoms with van der Waals surface area (Å²) in [5, 5.41) is 8.89. The number of rotatable bonds is 4. The minimum absolute atomic E-state index is 0.0559. The number of pyridine rings is 1. The lowest BCUT2D eigenvalue weighted by atomic mass is 10.1. The van der Waals surface area contributed by atoms with Gasteiger partial charge in [0, 0.05) is 25.7 Å². The summed E-state index contributed by atoms with van der Waals surface area (Å²) in [5.41, 5.74) is 0.404. The van der Waals surface area contributed by atoms with Gasteiger partial charge in [-0.05, 0) is 25.0 Å². The minimum atomic E-state index is -3.15. The second kappa shape index (κ2) is 6.41. The molecule has 6 nitrogen and oxygen atoms in total. The molecule has 1 aliphatic rings. The van der Waals surface area contributed by atoms with Crippen LogP contribution in [-0.4, -0.2) is 49.6 Å². The van der Waals surface area contributed by atoms with Gasteiger partial charge in [-0.1, -0.05) is 13.0 Å². The fourth-order valence-electron chi connectivity index (χ4n) is 2.81. The van der Waals surface area contributed by atoms with Crippen molar-refractivity contribution in [1.82, 2.24) is 9.29 Å². The fraction of sp³-hybridized carbons (Fsp3) is 0.571. The van der Waals surface area contributed by atoms with Crippen LogP contribution in [0.25, 0.3) is 0 Å². The van der Waals surface area contributed by atoms with E-state index in [0.717, 1.165) is 31.7 Å². The van der Waals surface area contributed by atoms with Crippen LogP contribution in [-0.2, 0) is 10.0 Å². The Morgan fingerprint density at radius 2 is 2.10 bits per heavy atom. The summed E-state index contributed by atoms with van der Waals surface area (Å²) >= 11 is 0. The quantitative estimate of drug-likeness (QED) is 0.835. The molecule has 0 saturated carbocycles. The summed E-state index contributed by atoms with van der Waals surface area (Å²) in [6, 6.07) is 7.48. The molecular formula is C14H20N4O2S. The van der Waals surface area contributed by atoms with Gasteiger partial charge in [-0.15, -0.1) is 0 Å². The summed E-state index contributed by atoms with van der Waals surface area (Å²) in [4.78, 5) is 6.39. The van der Waals surface area contributed by atoms with Crippen molar-refractivity contribution in [2.24, 2.45) is 0 Å². The molecule has 0 aliphatic carbocycles. The monoisotopic (exact) mass is 308 g/mol. The summed E-state index contributed by atoms with van der Waals surface area (Å²) in [5.74, 6) is 0.787. The van der Waals surface area contributed by atoms with Crippen molar-refractivity contribution < 1.29 is 8.42 Å². The maximum absolute atomic E-state index is 11.8. The number of nitriles is 1. The first-order valence-corrected chi connectivity index (χ1v) is 8.89. The third-order valence-electron chi connectivity index (χ3n) is 3.78. The molecule has 0 atom stereocenters. The second-order valence-electron chi connectivity index (χ2n) is 5.18. The lowest BCUT2D eigenvalue weighted by Crippen LogP contribution is -2.47. The topological polar surface area (TPSA) is 77.3 Å². The average Bonchev–Trinajstić information content (AvgIpc) is 2.47. The Kier molecular flexibility index (Phi) is 4.80.